The molecule has 0 aromatic heterocycles. The number of likely N-dealkylation sites (N-methyl/N-ethyl adjacent to an activating group) is 1. The first-order valence-corrected chi connectivity index (χ1v) is 10.5. The molecule has 162 valence electrons. The zero-order valence-corrected chi connectivity index (χ0v) is 17.3. The number of aromatic hydroxyl groups is 1. The third-order valence-corrected chi connectivity index (χ3v) is 5.19. The van der Waals surface area contributed by atoms with Crippen molar-refractivity contribution >= 4 is 43.9 Å². The van der Waals surface area contributed by atoms with Gasteiger partial charge in [-0.05, 0) is 37.4 Å². The number of nitrogens with two attached hydrogens (primary N) is 1. The van der Waals surface area contributed by atoms with Crippen molar-refractivity contribution in [1.82, 2.24) is 5.32 Å². The summed E-state index contributed by atoms with van der Waals surface area (Å²) in [6, 6.07) is 11.4. The van der Waals surface area contributed by atoms with Crippen LogP contribution in [0.4, 0.5) is 17.1 Å². The molecule has 0 saturated carbocycles. The van der Waals surface area contributed by atoms with Crippen molar-refractivity contribution in [3.8, 4) is 5.75 Å². The van der Waals surface area contributed by atoms with Crippen molar-refractivity contribution in [2.75, 3.05) is 25.9 Å². The fraction of sp³-hybridized carbons (Fsp3) is 0.150. The number of fused-ring (bicyclic) bond motifs is 1. The fourth-order valence-electron chi connectivity index (χ4n) is 2.81. The molecule has 0 unspecified atom stereocenters. The Kier molecular flexibility index (Phi) is 6.49. The molecular weight excluding hydrogens is 424 g/mol. The van der Waals surface area contributed by atoms with Crippen LogP contribution < -0.4 is 11.1 Å². The topological polar surface area (TPSA) is 164 Å². The minimum absolute atomic E-state index is 0.0663. The van der Waals surface area contributed by atoms with E-state index in [-0.39, 0.29) is 45.8 Å². The van der Waals surface area contributed by atoms with Crippen LogP contribution in [0.5, 0.6) is 5.75 Å². The normalized spacial score (nSPS) is 11.8. The van der Waals surface area contributed by atoms with Gasteiger partial charge < -0.3 is 20.9 Å². The van der Waals surface area contributed by atoms with Crippen LogP contribution in [-0.2, 0) is 14.9 Å². The maximum atomic E-state index is 12.3. The predicted octanol–water partition coefficient (Wildman–Crippen LogP) is 3.17. The molecule has 11 heteroatoms. The number of esters is 1. The third kappa shape index (κ3) is 4.97. The van der Waals surface area contributed by atoms with E-state index in [0.717, 1.165) is 12.1 Å². The average Bonchev–Trinajstić information content (AvgIpc) is 2.72. The summed E-state index contributed by atoms with van der Waals surface area (Å²) in [6.45, 7) is 0.663. The van der Waals surface area contributed by atoms with Gasteiger partial charge in [0.1, 0.15) is 23.7 Å². The van der Waals surface area contributed by atoms with E-state index in [0.29, 0.717) is 6.54 Å². The van der Waals surface area contributed by atoms with Gasteiger partial charge in [-0.15, -0.1) is 10.2 Å². The Morgan fingerprint density at radius 1 is 1.13 bits per heavy atom. The molecule has 0 aliphatic carbocycles. The van der Waals surface area contributed by atoms with Crippen molar-refractivity contribution in [3.63, 3.8) is 0 Å². The smallest absolute Gasteiger partial charge is 0.340 e. The van der Waals surface area contributed by atoms with E-state index < -0.39 is 21.0 Å². The number of nitrogen functional groups attached to an aromatic ring is 1. The Morgan fingerprint density at radius 2 is 1.87 bits per heavy atom. The lowest BCUT2D eigenvalue weighted by Crippen LogP contribution is -2.17. The molecule has 31 heavy (non-hydrogen) atoms. The zero-order valence-electron chi connectivity index (χ0n) is 16.4. The summed E-state index contributed by atoms with van der Waals surface area (Å²) in [6.07, 6.45) is 0. The summed E-state index contributed by atoms with van der Waals surface area (Å²) >= 11 is 0. The molecule has 0 radical (unpaired) electrons. The number of carbonyl (C=O) groups excluding carboxylic acids is 1. The van der Waals surface area contributed by atoms with Gasteiger partial charge in [-0.3, -0.25) is 4.55 Å². The molecular formula is C20H20N4O6S. The number of rotatable bonds is 7. The van der Waals surface area contributed by atoms with E-state index in [1.165, 1.54) is 18.2 Å². The lowest BCUT2D eigenvalue weighted by Gasteiger charge is -2.09. The predicted molar refractivity (Wildman–Crippen MR) is 115 cm³/mol. The van der Waals surface area contributed by atoms with E-state index in [9.17, 15) is 22.9 Å². The first kappa shape index (κ1) is 22.2. The number of nitrogens with zero attached hydrogens (tertiary/aromatic N) is 2. The van der Waals surface area contributed by atoms with E-state index in [4.69, 9.17) is 10.5 Å². The largest absolute Gasteiger partial charge is 0.507 e. The number of azo groups is 1. The number of hydrogen-bond donors (Lipinski definition) is 4. The standard InChI is InChI=1S/C20H20N4O6S/c1-22-8-9-30-20(26)14-4-2-3-5-17(14)23-24-19-15-10-12(31(27,28)29)11-18(25)13(15)6-7-16(19)21/h2-7,10-11,22,25H,8-9,21H2,1H3,(H,27,28,29). The summed E-state index contributed by atoms with van der Waals surface area (Å²) < 4.78 is 37.6. The van der Waals surface area contributed by atoms with Gasteiger partial charge in [0.15, 0.2) is 0 Å². The van der Waals surface area contributed by atoms with Gasteiger partial charge >= 0.3 is 5.97 Å². The molecule has 0 amide bonds. The van der Waals surface area contributed by atoms with Crippen LogP contribution >= 0.6 is 0 Å². The monoisotopic (exact) mass is 444 g/mol. The van der Waals surface area contributed by atoms with E-state index in [1.807, 2.05) is 0 Å². The first-order chi connectivity index (χ1) is 14.7. The number of ether oxygens (including phenoxy) is 1. The molecule has 0 atom stereocenters. The third-order valence-electron chi connectivity index (χ3n) is 4.35. The van der Waals surface area contributed by atoms with Crippen LogP contribution in [0.1, 0.15) is 10.4 Å². The maximum absolute atomic E-state index is 12.3. The molecule has 3 aromatic carbocycles. The highest BCUT2D eigenvalue weighted by atomic mass is 32.2. The number of phenolic OH excluding ortho intramolecular Hbond substituents is 1. The lowest BCUT2D eigenvalue weighted by atomic mass is 10.1. The SMILES string of the molecule is CNCCOC(=O)c1ccccc1N=Nc1c(N)ccc2c(O)cc(S(=O)(=O)O)cc12. The highest BCUT2D eigenvalue weighted by Crippen LogP contribution is 2.39. The van der Waals surface area contributed by atoms with Crippen LogP contribution in [-0.4, -0.2) is 44.2 Å². The summed E-state index contributed by atoms with van der Waals surface area (Å²) in [7, 11) is -2.85. The number of phenols is 1. The zero-order chi connectivity index (χ0) is 22.6. The maximum Gasteiger partial charge on any atom is 0.340 e. The lowest BCUT2D eigenvalue weighted by molar-refractivity contribution is 0.0511. The Balaban J connectivity index is 2.07. The molecule has 0 aliphatic rings. The highest BCUT2D eigenvalue weighted by molar-refractivity contribution is 7.85. The van der Waals surface area contributed by atoms with E-state index in [2.05, 4.69) is 15.5 Å². The number of carbonyl (C=O) groups is 1. The number of benzene rings is 3. The van der Waals surface area contributed by atoms with Crippen molar-refractivity contribution in [1.29, 1.82) is 0 Å². The summed E-state index contributed by atoms with van der Waals surface area (Å²) in [5.74, 6) is -0.961. The van der Waals surface area contributed by atoms with Crippen LogP contribution in [0.25, 0.3) is 10.8 Å². The molecule has 0 heterocycles. The van der Waals surface area contributed by atoms with Crippen molar-refractivity contribution < 1.29 is 27.6 Å². The van der Waals surface area contributed by atoms with Crippen LogP contribution in [0.3, 0.4) is 0 Å². The molecule has 0 bridgehead atoms. The molecule has 0 aliphatic heterocycles. The van der Waals surface area contributed by atoms with Crippen molar-refractivity contribution in [3.05, 3.63) is 54.1 Å². The van der Waals surface area contributed by atoms with Gasteiger partial charge in [0.2, 0.25) is 0 Å². The van der Waals surface area contributed by atoms with Crippen molar-refractivity contribution in [2.24, 2.45) is 10.2 Å². The Bertz CT molecular complexity index is 1270. The van der Waals surface area contributed by atoms with Gasteiger partial charge in [-0.1, -0.05) is 12.1 Å². The second-order valence-corrected chi connectivity index (χ2v) is 7.89. The Hall–Kier alpha value is -3.54. The van der Waals surface area contributed by atoms with Gasteiger partial charge in [0.05, 0.1) is 16.1 Å². The average molecular weight is 444 g/mol. The van der Waals surface area contributed by atoms with Gasteiger partial charge in [0, 0.05) is 23.4 Å². The molecule has 10 nitrogen and oxygen atoms in total. The minimum atomic E-state index is -4.58. The Morgan fingerprint density at radius 3 is 2.58 bits per heavy atom. The second kappa shape index (κ2) is 9.08. The van der Waals surface area contributed by atoms with Gasteiger partial charge in [-0.25, -0.2) is 4.79 Å². The van der Waals surface area contributed by atoms with Crippen LogP contribution in [0.15, 0.2) is 63.7 Å². The summed E-state index contributed by atoms with van der Waals surface area (Å²) in [5.41, 5.74) is 6.60. The molecule has 0 spiro atoms. The van der Waals surface area contributed by atoms with E-state index >= 15 is 0 Å². The Labute approximate surface area is 178 Å². The van der Waals surface area contributed by atoms with Crippen LogP contribution in [0, 0.1) is 0 Å². The molecule has 3 aromatic rings. The number of nitrogens with one attached hydrogen (secondary N) is 1. The summed E-state index contributed by atoms with van der Waals surface area (Å²) in [5, 5.41) is 21.7. The van der Waals surface area contributed by atoms with Gasteiger partial charge in [0.25, 0.3) is 10.1 Å². The quantitative estimate of drug-likeness (QED) is 0.142. The number of hydrogen-bond acceptors (Lipinski definition) is 9. The number of anilines is 1. The first-order valence-electron chi connectivity index (χ1n) is 9.07. The van der Waals surface area contributed by atoms with Crippen molar-refractivity contribution in [2.45, 2.75) is 4.90 Å². The highest BCUT2D eigenvalue weighted by Gasteiger charge is 2.17. The second-order valence-electron chi connectivity index (χ2n) is 6.47. The molecule has 5 N–H and O–H groups in total. The van der Waals surface area contributed by atoms with Crippen LogP contribution in [0.2, 0.25) is 0 Å². The fourth-order valence-corrected chi connectivity index (χ4v) is 3.34. The summed E-state index contributed by atoms with van der Waals surface area (Å²) in [4.78, 5) is 11.8. The molecule has 0 fully saturated rings. The minimum Gasteiger partial charge on any atom is -0.507 e. The van der Waals surface area contributed by atoms with Gasteiger partial charge in [-0.2, -0.15) is 8.42 Å². The molecule has 0 saturated heterocycles. The molecule has 3 rings (SSSR count). The van der Waals surface area contributed by atoms with E-state index in [1.54, 1.807) is 25.2 Å².